The van der Waals surface area contributed by atoms with Crippen LogP contribution in [0.4, 0.5) is 0 Å². The quantitative estimate of drug-likeness (QED) is 0.304. The molecule has 2 atom stereocenters. The van der Waals surface area contributed by atoms with Crippen molar-refractivity contribution in [1.82, 2.24) is 0 Å². The van der Waals surface area contributed by atoms with E-state index in [0.29, 0.717) is 10.5 Å². The summed E-state index contributed by atoms with van der Waals surface area (Å²) in [5.41, 5.74) is 4.85. The summed E-state index contributed by atoms with van der Waals surface area (Å²) in [6.07, 6.45) is 16.9. The zero-order valence-electron chi connectivity index (χ0n) is 15.5. The van der Waals surface area contributed by atoms with E-state index in [1.54, 1.807) is 5.57 Å². The first-order valence-electron chi connectivity index (χ1n) is 8.07. The topological polar surface area (TPSA) is 0 Å². The van der Waals surface area contributed by atoms with Crippen LogP contribution in [0.2, 0.25) is 11.1 Å². The van der Waals surface area contributed by atoms with Gasteiger partial charge in [-0.05, 0) is 11.8 Å². The van der Waals surface area contributed by atoms with Gasteiger partial charge >= 0.3 is 21.7 Å². The van der Waals surface area contributed by atoms with Gasteiger partial charge < -0.3 is 37.2 Å². The van der Waals surface area contributed by atoms with Gasteiger partial charge in [0.05, 0.1) is 0 Å². The van der Waals surface area contributed by atoms with Crippen molar-refractivity contribution in [3.05, 3.63) is 47.1 Å². The molecule has 0 nitrogen and oxygen atoms in total. The minimum atomic E-state index is -0.160. The summed E-state index contributed by atoms with van der Waals surface area (Å²) in [5, 5.41) is 0.314. The molecule has 0 radical (unpaired) electrons. The standard InChI is InChI=1S/C19H29Si.3ClH.Ti/c1-6-12-20-19(13-15(2)16(3)17(19)4)14-18(5)10-8-7-9-11-18;;;;/h7-10H,6,11-12,14,20H2,1-5H3;3*1H;/q-1;;;;+4/p-3. The molecule has 0 aromatic heterocycles. The first-order chi connectivity index (χ1) is 9.42. The van der Waals surface area contributed by atoms with Gasteiger partial charge in [0.25, 0.3) is 0 Å². The number of rotatable bonds is 5. The molecule has 0 fully saturated rings. The van der Waals surface area contributed by atoms with Crippen molar-refractivity contribution in [2.75, 3.05) is 0 Å². The van der Waals surface area contributed by atoms with Crippen LogP contribution in [0.3, 0.4) is 0 Å². The van der Waals surface area contributed by atoms with E-state index < -0.39 is 0 Å². The van der Waals surface area contributed by atoms with E-state index in [0.717, 1.165) is 0 Å². The number of allylic oxidation sites excluding steroid dienone is 8. The van der Waals surface area contributed by atoms with Crippen molar-refractivity contribution in [3.8, 4) is 0 Å². The number of hydrogen-bond acceptors (Lipinski definition) is 0. The Labute approximate surface area is 185 Å². The first kappa shape index (κ1) is 29.5. The van der Waals surface area contributed by atoms with Crippen LogP contribution in [0.1, 0.15) is 53.9 Å². The molecule has 0 heterocycles. The van der Waals surface area contributed by atoms with Gasteiger partial charge in [-0.1, -0.05) is 75.9 Å². The molecule has 5 heteroatoms. The molecule has 2 aliphatic carbocycles. The average molecular weight is 440 g/mol. The van der Waals surface area contributed by atoms with Gasteiger partial charge in [0.1, 0.15) is 0 Å². The summed E-state index contributed by atoms with van der Waals surface area (Å²) in [4.78, 5) is 0. The second-order valence-corrected chi connectivity index (χ2v) is 9.42. The third-order valence-electron chi connectivity index (χ3n) is 5.26. The number of hydrogen-bond donors (Lipinski definition) is 0. The van der Waals surface area contributed by atoms with Crippen LogP contribution in [0.15, 0.2) is 41.0 Å². The zero-order valence-corrected chi connectivity index (χ0v) is 20.7. The molecule has 24 heavy (non-hydrogen) atoms. The first-order valence-corrected chi connectivity index (χ1v) is 9.78. The van der Waals surface area contributed by atoms with Crippen molar-refractivity contribution in [3.63, 3.8) is 0 Å². The van der Waals surface area contributed by atoms with E-state index in [-0.39, 0.29) is 68.5 Å². The molecule has 2 aliphatic rings. The second kappa shape index (κ2) is 12.2. The van der Waals surface area contributed by atoms with Gasteiger partial charge in [-0.3, -0.25) is 6.08 Å². The Kier molecular flexibility index (Phi) is 15.0. The van der Waals surface area contributed by atoms with E-state index >= 15 is 0 Å². The van der Waals surface area contributed by atoms with Gasteiger partial charge in [0.15, 0.2) is 0 Å². The summed E-state index contributed by atoms with van der Waals surface area (Å²) in [6.45, 7) is 11.7. The molecule has 134 valence electrons. The molecule has 2 unspecified atom stereocenters. The van der Waals surface area contributed by atoms with Gasteiger partial charge in [-0.25, -0.2) is 5.57 Å². The predicted molar refractivity (Wildman–Crippen MR) is 92.8 cm³/mol. The Morgan fingerprint density at radius 1 is 1.12 bits per heavy atom. The molecule has 0 aliphatic heterocycles. The molecular weight excluding hydrogens is 411 g/mol. The number of halogens is 3. The maximum Gasteiger partial charge on any atom is 4.00 e. The third-order valence-corrected chi connectivity index (χ3v) is 8.13. The van der Waals surface area contributed by atoms with Crippen molar-refractivity contribution in [1.29, 1.82) is 0 Å². The van der Waals surface area contributed by atoms with Gasteiger partial charge in [-0.2, -0.15) is 11.1 Å². The minimum Gasteiger partial charge on any atom is -1.00 e. The molecule has 0 aromatic rings. The van der Waals surface area contributed by atoms with E-state index in [1.807, 2.05) is 0 Å². The van der Waals surface area contributed by atoms with E-state index in [1.165, 1.54) is 36.5 Å². The predicted octanol–water partition coefficient (Wildman–Crippen LogP) is -3.84. The fourth-order valence-electron chi connectivity index (χ4n) is 3.77. The Bertz CT molecular complexity index is 511. The second-order valence-electron chi connectivity index (χ2n) is 7.01. The Balaban J connectivity index is -0.00000110. The van der Waals surface area contributed by atoms with E-state index in [9.17, 15) is 0 Å². The molecule has 2 rings (SSSR count). The molecule has 0 amide bonds. The zero-order chi connectivity index (χ0) is 14.8. The van der Waals surface area contributed by atoms with Gasteiger partial charge in [-0.15, -0.1) is 6.92 Å². The molecule has 0 N–H and O–H groups in total. The van der Waals surface area contributed by atoms with Gasteiger partial charge in [0, 0.05) is 9.52 Å². The van der Waals surface area contributed by atoms with Crippen molar-refractivity contribution >= 4 is 9.52 Å². The van der Waals surface area contributed by atoms with Crippen LogP contribution in [-0.4, -0.2) is 9.52 Å². The smallest absolute Gasteiger partial charge is 1.00 e. The Morgan fingerprint density at radius 2 is 1.75 bits per heavy atom. The molecule has 0 saturated heterocycles. The van der Waals surface area contributed by atoms with Gasteiger partial charge in [0.2, 0.25) is 0 Å². The summed E-state index contributed by atoms with van der Waals surface area (Å²) in [7, 11) is -0.160. The molecule has 0 bridgehead atoms. The Morgan fingerprint density at radius 3 is 2.17 bits per heavy atom. The van der Waals surface area contributed by atoms with Crippen LogP contribution < -0.4 is 37.2 Å². The largest absolute Gasteiger partial charge is 4.00 e. The van der Waals surface area contributed by atoms with Crippen LogP contribution in [0.25, 0.3) is 0 Å². The van der Waals surface area contributed by atoms with Crippen molar-refractivity contribution < 1.29 is 58.9 Å². The van der Waals surface area contributed by atoms with Crippen LogP contribution in [-0.2, 0) is 21.7 Å². The maximum absolute atomic E-state index is 3.92. The van der Waals surface area contributed by atoms with Crippen LogP contribution >= 0.6 is 0 Å². The van der Waals surface area contributed by atoms with Crippen LogP contribution in [0.5, 0.6) is 0 Å². The third kappa shape index (κ3) is 6.49. The average Bonchev–Trinajstić information content (AvgIpc) is 2.62. The molecule has 0 aromatic carbocycles. The summed E-state index contributed by atoms with van der Waals surface area (Å²) < 4.78 is 0. The van der Waals surface area contributed by atoms with Crippen LogP contribution in [0, 0.1) is 11.5 Å². The Hall–Kier alpha value is 0.761. The van der Waals surface area contributed by atoms with E-state index in [2.05, 4.69) is 65.0 Å². The normalized spacial score (nSPS) is 28.0. The SMILES string of the molecule is CCC[SiH2]C1(CC2(C)C=CC=CC2)[C-]=C(C)C(C)=C1C.[Cl-].[Cl-].[Cl-].[Ti+4]. The van der Waals surface area contributed by atoms with Crippen molar-refractivity contribution in [2.45, 2.75) is 65.0 Å². The van der Waals surface area contributed by atoms with Crippen molar-refractivity contribution in [2.24, 2.45) is 5.41 Å². The molecule has 0 spiro atoms. The fourth-order valence-corrected chi connectivity index (χ4v) is 6.51. The molecule has 0 saturated carbocycles. The summed E-state index contributed by atoms with van der Waals surface area (Å²) in [6, 6.07) is 1.43. The summed E-state index contributed by atoms with van der Waals surface area (Å²) >= 11 is 0. The monoisotopic (exact) mass is 438 g/mol. The van der Waals surface area contributed by atoms with E-state index in [4.69, 9.17) is 0 Å². The summed E-state index contributed by atoms with van der Waals surface area (Å²) in [5.74, 6) is 0. The minimum absolute atomic E-state index is 0. The maximum atomic E-state index is 3.92. The molecular formula is C19H29Cl3SiTi. The fraction of sp³-hybridized carbons (Fsp3) is 0.579.